The molecule has 3 N–H and O–H groups in total. The van der Waals surface area contributed by atoms with Gasteiger partial charge in [-0.05, 0) is 60.5 Å². The summed E-state index contributed by atoms with van der Waals surface area (Å²) in [4.78, 5) is 11.1. The number of thiocarbonyl (C=S) groups is 1. The molecule has 2 rings (SSSR count). The second-order valence-electron chi connectivity index (χ2n) is 5.77. The molecule has 0 aliphatic rings. The van der Waals surface area contributed by atoms with E-state index in [2.05, 4.69) is 41.9 Å². The molecule has 0 aliphatic carbocycles. The number of carbonyl (C=O) groups excluding carboxylic acids is 1. The zero-order valence-electron chi connectivity index (χ0n) is 14.2. The van der Waals surface area contributed by atoms with E-state index in [0.29, 0.717) is 11.0 Å². The van der Waals surface area contributed by atoms with Crippen LogP contribution in [-0.2, 0) is 4.79 Å². The van der Waals surface area contributed by atoms with E-state index in [0.717, 1.165) is 23.5 Å². The number of benzene rings is 2. The highest BCUT2D eigenvalue weighted by molar-refractivity contribution is 7.80. The Balaban J connectivity index is 1.97. The Kier molecular flexibility index (Phi) is 6.32. The molecule has 2 aromatic carbocycles. The van der Waals surface area contributed by atoms with Crippen LogP contribution in [0, 0.1) is 0 Å². The zero-order chi connectivity index (χ0) is 17.5. The molecule has 5 heteroatoms. The lowest BCUT2D eigenvalue weighted by atomic mass is 9.99. The third-order valence-corrected chi connectivity index (χ3v) is 3.99. The third kappa shape index (κ3) is 5.35. The molecule has 1 amide bonds. The van der Waals surface area contributed by atoms with Crippen LogP contribution in [0.5, 0.6) is 0 Å². The smallest absolute Gasteiger partial charge is 0.221 e. The second kappa shape index (κ2) is 8.45. The van der Waals surface area contributed by atoms with E-state index in [1.807, 2.05) is 36.4 Å². The Morgan fingerprint density at radius 2 is 1.58 bits per heavy atom. The summed E-state index contributed by atoms with van der Waals surface area (Å²) in [6.45, 7) is 5.89. The fraction of sp³-hybridized carbons (Fsp3) is 0.263. The topological polar surface area (TPSA) is 53.2 Å². The van der Waals surface area contributed by atoms with Gasteiger partial charge in [0.05, 0.1) is 0 Å². The van der Waals surface area contributed by atoms with Crippen LogP contribution in [0.15, 0.2) is 48.5 Å². The molecule has 2 aromatic rings. The summed E-state index contributed by atoms with van der Waals surface area (Å²) in [6.07, 6.45) is 1.12. The summed E-state index contributed by atoms with van der Waals surface area (Å²) < 4.78 is 0. The maximum atomic E-state index is 11.1. The number of rotatable bonds is 5. The fourth-order valence-electron chi connectivity index (χ4n) is 2.30. The molecule has 1 unspecified atom stereocenters. The predicted octanol–water partition coefficient (Wildman–Crippen LogP) is 4.97. The van der Waals surface area contributed by atoms with Gasteiger partial charge >= 0.3 is 0 Å². The van der Waals surface area contributed by atoms with E-state index in [9.17, 15) is 4.79 Å². The number of amides is 1. The maximum Gasteiger partial charge on any atom is 0.221 e. The zero-order valence-corrected chi connectivity index (χ0v) is 15.0. The molecule has 0 heterocycles. The average molecular weight is 341 g/mol. The van der Waals surface area contributed by atoms with Crippen molar-refractivity contribution in [2.75, 3.05) is 16.0 Å². The minimum atomic E-state index is -0.103. The SMILES string of the molecule is CCC(C)c1ccc(NC(=S)Nc2cccc(NC(C)=O)c2)cc1. The Morgan fingerprint density at radius 3 is 2.17 bits per heavy atom. The van der Waals surface area contributed by atoms with E-state index in [1.54, 1.807) is 0 Å². The number of carbonyl (C=O) groups is 1. The van der Waals surface area contributed by atoms with Crippen molar-refractivity contribution in [3.63, 3.8) is 0 Å². The second-order valence-corrected chi connectivity index (χ2v) is 6.18. The van der Waals surface area contributed by atoms with Crippen LogP contribution in [0.2, 0.25) is 0 Å². The minimum Gasteiger partial charge on any atom is -0.332 e. The van der Waals surface area contributed by atoms with Gasteiger partial charge in [0.15, 0.2) is 5.11 Å². The fourth-order valence-corrected chi connectivity index (χ4v) is 2.54. The van der Waals surface area contributed by atoms with Crippen molar-refractivity contribution in [3.8, 4) is 0 Å². The van der Waals surface area contributed by atoms with E-state index in [-0.39, 0.29) is 5.91 Å². The predicted molar refractivity (Wildman–Crippen MR) is 106 cm³/mol. The number of anilines is 3. The van der Waals surface area contributed by atoms with Crippen molar-refractivity contribution in [2.45, 2.75) is 33.1 Å². The van der Waals surface area contributed by atoms with Crippen LogP contribution >= 0.6 is 12.2 Å². The molecule has 4 nitrogen and oxygen atoms in total. The molecule has 0 aromatic heterocycles. The first-order valence-electron chi connectivity index (χ1n) is 8.03. The molecular formula is C19H23N3OS. The summed E-state index contributed by atoms with van der Waals surface area (Å²) in [7, 11) is 0. The maximum absolute atomic E-state index is 11.1. The number of hydrogen-bond acceptors (Lipinski definition) is 2. The van der Waals surface area contributed by atoms with Crippen LogP contribution in [0.25, 0.3) is 0 Å². The Bertz CT molecular complexity index is 713. The summed E-state index contributed by atoms with van der Waals surface area (Å²) in [5.41, 5.74) is 3.81. The van der Waals surface area contributed by atoms with Gasteiger partial charge < -0.3 is 16.0 Å². The minimum absolute atomic E-state index is 0.103. The van der Waals surface area contributed by atoms with Crippen LogP contribution in [0.3, 0.4) is 0 Å². The largest absolute Gasteiger partial charge is 0.332 e. The van der Waals surface area contributed by atoms with Crippen molar-refractivity contribution in [1.29, 1.82) is 0 Å². The average Bonchev–Trinajstić information content (AvgIpc) is 2.54. The molecule has 24 heavy (non-hydrogen) atoms. The highest BCUT2D eigenvalue weighted by atomic mass is 32.1. The van der Waals surface area contributed by atoms with Crippen molar-refractivity contribution in [2.24, 2.45) is 0 Å². The monoisotopic (exact) mass is 341 g/mol. The van der Waals surface area contributed by atoms with E-state index in [1.165, 1.54) is 12.5 Å². The molecule has 0 saturated carbocycles. The summed E-state index contributed by atoms with van der Waals surface area (Å²) in [5, 5.41) is 9.54. The van der Waals surface area contributed by atoms with Crippen molar-refractivity contribution >= 4 is 40.3 Å². The standard InChI is InChI=1S/C19H23N3OS/c1-4-13(2)15-8-10-16(11-9-15)21-19(24)22-18-7-5-6-17(12-18)20-14(3)23/h5-13H,4H2,1-3H3,(H,20,23)(H2,21,22,24). The van der Waals surface area contributed by atoms with Crippen molar-refractivity contribution in [3.05, 3.63) is 54.1 Å². The Hall–Kier alpha value is -2.40. The third-order valence-electron chi connectivity index (χ3n) is 3.79. The molecule has 1 atom stereocenters. The van der Waals surface area contributed by atoms with Gasteiger partial charge in [-0.15, -0.1) is 0 Å². The van der Waals surface area contributed by atoms with Crippen molar-refractivity contribution in [1.82, 2.24) is 0 Å². The number of hydrogen-bond donors (Lipinski definition) is 3. The highest BCUT2D eigenvalue weighted by Crippen LogP contribution is 2.21. The first-order chi connectivity index (χ1) is 11.5. The molecule has 0 bridgehead atoms. The highest BCUT2D eigenvalue weighted by Gasteiger charge is 2.04. The molecule has 0 saturated heterocycles. The molecule has 0 radical (unpaired) electrons. The van der Waals surface area contributed by atoms with Gasteiger partial charge in [0, 0.05) is 24.0 Å². The van der Waals surface area contributed by atoms with Gasteiger partial charge in [-0.2, -0.15) is 0 Å². The lowest BCUT2D eigenvalue weighted by molar-refractivity contribution is -0.114. The van der Waals surface area contributed by atoms with Crippen LogP contribution in [-0.4, -0.2) is 11.0 Å². The van der Waals surface area contributed by atoms with Crippen LogP contribution < -0.4 is 16.0 Å². The first kappa shape index (κ1) is 17.9. The lowest BCUT2D eigenvalue weighted by Gasteiger charge is -2.13. The van der Waals surface area contributed by atoms with E-state index in [4.69, 9.17) is 12.2 Å². The molecule has 0 aliphatic heterocycles. The summed E-state index contributed by atoms with van der Waals surface area (Å²) >= 11 is 5.35. The van der Waals surface area contributed by atoms with Gasteiger partial charge in [0.25, 0.3) is 0 Å². The quantitative estimate of drug-likeness (QED) is 0.672. The summed E-state index contributed by atoms with van der Waals surface area (Å²) in [5.74, 6) is 0.454. The molecule has 126 valence electrons. The van der Waals surface area contributed by atoms with E-state index >= 15 is 0 Å². The Labute approximate surface area is 148 Å². The molecule has 0 fully saturated rings. The molecule has 0 spiro atoms. The number of nitrogens with one attached hydrogen (secondary N) is 3. The summed E-state index contributed by atoms with van der Waals surface area (Å²) in [6, 6.07) is 15.7. The van der Waals surface area contributed by atoms with Crippen molar-refractivity contribution < 1.29 is 4.79 Å². The van der Waals surface area contributed by atoms with Gasteiger partial charge in [-0.3, -0.25) is 4.79 Å². The van der Waals surface area contributed by atoms with Crippen LogP contribution in [0.1, 0.15) is 38.7 Å². The molecular weight excluding hydrogens is 318 g/mol. The van der Waals surface area contributed by atoms with Gasteiger partial charge in [0.1, 0.15) is 0 Å². The van der Waals surface area contributed by atoms with Gasteiger partial charge in [-0.25, -0.2) is 0 Å². The van der Waals surface area contributed by atoms with Gasteiger partial charge in [0.2, 0.25) is 5.91 Å². The Morgan fingerprint density at radius 1 is 1.00 bits per heavy atom. The van der Waals surface area contributed by atoms with Crippen LogP contribution in [0.4, 0.5) is 17.1 Å². The van der Waals surface area contributed by atoms with E-state index < -0.39 is 0 Å². The first-order valence-corrected chi connectivity index (χ1v) is 8.44. The lowest BCUT2D eigenvalue weighted by Crippen LogP contribution is -2.19. The van der Waals surface area contributed by atoms with Gasteiger partial charge in [-0.1, -0.05) is 32.0 Å². The normalized spacial score (nSPS) is 11.5.